The lowest BCUT2D eigenvalue weighted by Crippen LogP contribution is -2.48. The van der Waals surface area contributed by atoms with Gasteiger partial charge in [-0.05, 0) is 0 Å². The molecule has 2 aliphatic rings. The van der Waals surface area contributed by atoms with Crippen LogP contribution in [0.25, 0.3) is 0 Å². The molecule has 1 atom stereocenters. The van der Waals surface area contributed by atoms with Crippen molar-refractivity contribution in [2.75, 3.05) is 20.5 Å². The number of aliphatic carboxylic acids is 1. The van der Waals surface area contributed by atoms with Gasteiger partial charge in [0.2, 0.25) is 5.91 Å². The molecule has 88 valence electrons. The second-order valence-corrected chi connectivity index (χ2v) is 4.64. The standard InChI is InChI=1S/C9H11NO5S/c1-14-4-15-3-5-8(9(12)13)10-6(11)2-7(10)16-5/h7H,2-4H2,1H3,(H,12,13)/t7-/m1/s1. The Bertz CT molecular complexity index is 367. The number of methoxy groups -OCH3 is 1. The fourth-order valence-corrected chi connectivity index (χ4v) is 2.98. The minimum Gasteiger partial charge on any atom is -0.477 e. The predicted octanol–water partition coefficient (Wildman–Crippen LogP) is 0.208. The summed E-state index contributed by atoms with van der Waals surface area (Å²) in [4.78, 5) is 24.2. The van der Waals surface area contributed by atoms with Gasteiger partial charge in [-0.15, -0.1) is 0 Å². The number of carbonyl (C=O) groups excluding carboxylic acids is 1. The quantitative estimate of drug-likeness (QED) is 0.424. The summed E-state index contributed by atoms with van der Waals surface area (Å²) in [5, 5.41) is 8.97. The summed E-state index contributed by atoms with van der Waals surface area (Å²) in [5.41, 5.74) is 0.0577. The third kappa shape index (κ3) is 1.81. The lowest BCUT2D eigenvalue weighted by molar-refractivity contribution is -0.145. The Labute approximate surface area is 96.2 Å². The van der Waals surface area contributed by atoms with Gasteiger partial charge in [0.15, 0.2) is 0 Å². The summed E-state index contributed by atoms with van der Waals surface area (Å²) in [7, 11) is 1.49. The van der Waals surface area contributed by atoms with E-state index in [-0.39, 0.29) is 30.4 Å². The maximum Gasteiger partial charge on any atom is 0.353 e. The minimum absolute atomic E-state index is 0.0558. The van der Waals surface area contributed by atoms with E-state index in [0.29, 0.717) is 11.3 Å². The van der Waals surface area contributed by atoms with Crippen molar-refractivity contribution in [3.63, 3.8) is 0 Å². The Morgan fingerprint density at radius 1 is 1.69 bits per heavy atom. The monoisotopic (exact) mass is 245 g/mol. The molecule has 6 nitrogen and oxygen atoms in total. The van der Waals surface area contributed by atoms with Crippen LogP contribution in [0.5, 0.6) is 0 Å². The van der Waals surface area contributed by atoms with Crippen LogP contribution < -0.4 is 0 Å². The fourth-order valence-electron chi connectivity index (χ4n) is 1.65. The average Bonchev–Trinajstić information content (AvgIpc) is 2.52. The summed E-state index contributed by atoms with van der Waals surface area (Å²) < 4.78 is 9.81. The van der Waals surface area contributed by atoms with Crippen LogP contribution in [0.15, 0.2) is 10.6 Å². The largest absolute Gasteiger partial charge is 0.477 e. The number of ether oxygens (including phenoxy) is 2. The lowest BCUT2D eigenvalue weighted by Gasteiger charge is -2.33. The Balaban J connectivity index is 2.09. The average molecular weight is 245 g/mol. The zero-order chi connectivity index (χ0) is 11.7. The second-order valence-electron chi connectivity index (χ2n) is 3.37. The van der Waals surface area contributed by atoms with Gasteiger partial charge < -0.3 is 14.6 Å². The van der Waals surface area contributed by atoms with Gasteiger partial charge in [0.25, 0.3) is 0 Å². The molecular weight excluding hydrogens is 234 g/mol. The molecule has 1 fully saturated rings. The Hall–Kier alpha value is -1.05. The molecule has 1 N–H and O–H groups in total. The van der Waals surface area contributed by atoms with Crippen molar-refractivity contribution in [3.8, 4) is 0 Å². The number of amides is 1. The zero-order valence-corrected chi connectivity index (χ0v) is 9.45. The Morgan fingerprint density at radius 2 is 2.44 bits per heavy atom. The SMILES string of the molecule is COCOCC1=C(C(=O)O)N2C(=O)C[C@H]2S1. The van der Waals surface area contributed by atoms with Crippen molar-refractivity contribution < 1.29 is 24.2 Å². The third-order valence-corrected chi connectivity index (χ3v) is 3.57. The number of rotatable bonds is 5. The highest BCUT2D eigenvalue weighted by Crippen LogP contribution is 2.45. The molecule has 0 bridgehead atoms. The van der Waals surface area contributed by atoms with E-state index in [2.05, 4.69) is 0 Å². The highest BCUT2D eigenvalue weighted by molar-refractivity contribution is 8.04. The number of carbonyl (C=O) groups is 2. The first-order chi connectivity index (χ1) is 7.65. The zero-order valence-electron chi connectivity index (χ0n) is 8.63. The number of fused-ring (bicyclic) bond motifs is 1. The van der Waals surface area contributed by atoms with Crippen molar-refractivity contribution in [1.29, 1.82) is 0 Å². The van der Waals surface area contributed by atoms with E-state index in [9.17, 15) is 9.59 Å². The molecule has 0 aromatic heterocycles. The molecule has 0 aromatic carbocycles. The predicted molar refractivity (Wildman–Crippen MR) is 55.3 cm³/mol. The maximum absolute atomic E-state index is 11.3. The summed E-state index contributed by atoms with van der Waals surface area (Å²) >= 11 is 1.37. The van der Waals surface area contributed by atoms with Crippen molar-refractivity contribution >= 4 is 23.6 Å². The molecular formula is C9H11NO5S. The fraction of sp³-hybridized carbons (Fsp3) is 0.556. The van der Waals surface area contributed by atoms with E-state index in [1.807, 2.05) is 0 Å². The van der Waals surface area contributed by atoms with Crippen molar-refractivity contribution in [1.82, 2.24) is 4.90 Å². The van der Waals surface area contributed by atoms with Crippen LogP contribution in [0, 0.1) is 0 Å². The van der Waals surface area contributed by atoms with E-state index < -0.39 is 5.97 Å². The maximum atomic E-state index is 11.3. The topological polar surface area (TPSA) is 76.1 Å². The molecule has 0 aromatic rings. The third-order valence-electron chi connectivity index (χ3n) is 2.33. The first kappa shape index (κ1) is 11.4. The van der Waals surface area contributed by atoms with E-state index in [1.54, 1.807) is 0 Å². The minimum atomic E-state index is -1.08. The van der Waals surface area contributed by atoms with Crippen LogP contribution in [0.1, 0.15) is 6.42 Å². The second kappa shape index (κ2) is 4.44. The summed E-state index contributed by atoms with van der Waals surface area (Å²) in [6.45, 7) is 0.274. The number of β-lactam (4-membered cyclic amide) rings is 1. The number of thioether (sulfide) groups is 1. The molecule has 1 amide bonds. The molecule has 0 aliphatic carbocycles. The summed E-state index contributed by atoms with van der Waals surface area (Å²) in [5.74, 6) is -1.23. The number of hydrogen-bond acceptors (Lipinski definition) is 5. The van der Waals surface area contributed by atoms with E-state index in [1.165, 1.54) is 23.8 Å². The van der Waals surface area contributed by atoms with Crippen LogP contribution in [-0.2, 0) is 19.1 Å². The van der Waals surface area contributed by atoms with E-state index in [4.69, 9.17) is 14.6 Å². The summed E-state index contributed by atoms with van der Waals surface area (Å²) in [6, 6.07) is 0. The van der Waals surface area contributed by atoms with Crippen LogP contribution in [0.2, 0.25) is 0 Å². The van der Waals surface area contributed by atoms with Crippen molar-refractivity contribution in [2.24, 2.45) is 0 Å². The highest BCUT2D eigenvalue weighted by atomic mass is 32.2. The number of carboxylic acids is 1. The van der Waals surface area contributed by atoms with Gasteiger partial charge in [0.1, 0.15) is 12.5 Å². The molecule has 1 saturated heterocycles. The molecule has 2 heterocycles. The van der Waals surface area contributed by atoms with Gasteiger partial charge >= 0.3 is 5.97 Å². The van der Waals surface area contributed by atoms with Gasteiger partial charge in [0, 0.05) is 12.0 Å². The van der Waals surface area contributed by atoms with Gasteiger partial charge in [-0.1, -0.05) is 11.8 Å². The Kier molecular flexibility index (Phi) is 3.17. The molecule has 16 heavy (non-hydrogen) atoms. The number of nitrogens with zero attached hydrogens (tertiary/aromatic N) is 1. The van der Waals surface area contributed by atoms with Crippen molar-refractivity contribution in [3.05, 3.63) is 10.6 Å². The van der Waals surface area contributed by atoms with Gasteiger partial charge in [-0.2, -0.15) is 0 Å². The molecule has 0 radical (unpaired) electrons. The number of hydrogen-bond donors (Lipinski definition) is 1. The van der Waals surface area contributed by atoms with E-state index >= 15 is 0 Å². The summed E-state index contributed by atoms with van der Waals surface area (Å²) in [6.07, 6.45) is 0.398. The molecule has 2 rings (SSSR count). The van der Waals surface area contributed by atoms with Crippen LogP contribution in [0.3, 0.4) is 0 Å². The van der Waals surface area contributed by atoms with Crippen molar-refractivity contribution in [2.45, 2.75) is 11.8 Å². The lowest BCUT2D eigenvalue weighted by atomic mass is 10.1. The first-order valence-corrected chi connectivity index (χ1v) is 5.55. The smallest absolute Gasteiger partial charge is 0.353 e. The van der Waals surface area contributed by atoms with Gasteiger partial charge in [-0.25, -0.2) is 4.79 Å². The van der Waals surface area contributed by atoms with Crippen LogP contribution in [-0.4, -0.2) is 47.8 Å². The van der Waals surface area contributed by atoms with E-state index in [0.717, 1.165) is 0 Å². The molecule has 2 aliphatic heterocycles. The number of carboxylic acid groups (broad SMARTS) is 1. The van der Waals surface area contributed by atoms with Crippen LogP contribution >= 0.6 is 11.8 Å². The van der Waals surface area contributed by atoms with Gasteiger partial charge in [-0.3, -0.25) is 9.69 Å². The first-order valence-electron chi connectivity index (χ1n) is 4.67. The molecule has 0 saturated carbocycles. The Morgan fingerprint density at radius 3 is 3.00 bits per heavy atom. The van der Waals surface area contributed by atoms with Crippen LogP contribution in [0.4, 0.5) is 0 Å². The molecule has 0 spiro atoms. The molecule has 7 heteroatoms. The van der Waals surface area contributed by atoms with Gasteiger partial charge in [0.05, 0.1) is 18.4 Å². The highest BCUT2D eigenvalue weighted by Gasteiger charge is 2.48. The normalized spacial score (nSPS) is 23.4. The molecule has 0 unspecified atom stereocenters.